The normalized spacial score (nSPS) is 11.9. The van der Waals surface area contributed by atoms with Crippen molar-refractivity contribution in [3.05, 3.63) is 338 Å². The molecular formula is C106H99N10Os3P6+6. The minimum Gasteiger partial charge on any atom is -0.434 e. The minimum atomic E-state index is -0.261. The number of fused-ring (bicyclic) bond motifs is 6. The summed E-state index contributed by atoms with van der Waals surface area (Å²) in [5, 5.41) is 33.6. The molecule has 0 spiro atoms. The molecule has 17 aromatic carbocycles. The first kappa shape index (κ1) is 91.7. The number of benzene rings is 17. The second-order valence-corrected chi connectivity index (χ2v) is 47.8. The van der Waals surface area contributed by atoms with Gasteiger partial charge in [-0.1, -0.05) is 240 Å². The third-order valence-corrected chi connectivity index (χ3v) is 32.4. The van der Waals surface area contributed by atoms with E-state index in [0.29, 0.717) is 11.7 Å². The van der Waals surface area contributed by atoms with E-state index in [1.807, 2.05) is 85.5 Å². The summed E-state index contributed by atoms with van der Waals surface area (Å²) in [6, 6.07) is 110. The van der Waals surface area contributed by atoms with Gasteiger partial charge in [-0.15, -0.1) is 23.6 Å². The van der Waals surface area contributed by atoms with Gasteiger partial charge in [-0.25, -0.2) is 9.97 Å². The van der Waals surface area contributed by atoms with Crippen LogP contribution in [0.3, 0.4) is 0 Å². The van der Waals surface area contributed by atoms with Crippen molar-refractivity contribution in [2.75, 3.05) is 84.9 Å². The van der Waals surface area contributed by atoms with Gasteiger partial charge in [0.25, 0.3) is 0 Å². The Labute approximate surface area is 779 Å². The molecule has 19 heteroatoms. The quantitative estimate of drug-likeness (QED) is 0.0611. The first-order valence-corrected chi connectivity index (χ1v) is 56.6. The van der Waals surface area contributed by atoms with E-state index in [0.717, 1.165) is 133 Å². The van der Waals surface area contributed by atoms with Gasteiger partial charge in [-0.2, -0.15) is 0 Å². The Morgan fingerprint density at radius 1 is 0.296 bits per heavy atom. The van der Waals surface area contributed by atoms with Crippen LogP contribution in [0.25, 0.3) is 136 Å². The van der Waals surface area contributed by atoms with Crippen LogP contribution in [0.5, 0.6) is 0 Å². The molecular weight excluding hydrogens is 2170 g/mol. The van der Waals surface area contributed by atoms with Crippen molar-refractivity contribution >= 4 is 239 Å². The molecule has 621 valence electrons. The van der Waals surface area contributed by atoms with Gasteiger partial charge < -0.3 is 20.2 Å². The second-order valence-electron chi connectivity index (χ2n) is 32.5. The fourth-order valence-electron chi connectivity index (χ4n) is 16.5. The molecule has 0 aliphatic carbocycles. The summed E-state index contributed by atoms with van der Waals surface area (Å²) in [4.78, 5) is 40.3. The Morgan fingerprint density at radius 2 is 0.648 bits per heavy atom. The van der Waals surface area contributed by atoms with Crippen molar-refractivity contribution in [2.24, 2.45) is 9.98 Å². The van der Waals surface area contributed by atoms with E-state index in [1.54, 1.807) is 38.0 Å². The Morgan fingerprint density at radius 3 is 1.11 bits per heavy atom. The average molecular weight is 2270 g/mol. The fraction of sp³-hybridized carbons (Fsp3) is 0.132. The zero-order chi connectivity index (χ0) is 84.4. The van der Waals surface area contributed by atoms with Crippen LogP contribution < -0.4 is 36.7 Å². The van der Waals surface area contributed by atoms with E-state index in [1.165, 1.54) is 37.7 Å². The van der Waals surface area contributed by atoms with E-state index >= 15 is 0 Å². The third kappa shape index (κ3) is 19.8. The van der Waals surface area contributed by atoms with Crippen molar-refractivity contribution in [1.29, 1.82) is 0 Å². The summed E-state index contributed by atoms with van der Waals surface area (Å²) in [5.74, 6) is 1.33. The number of aromatic nitrogens is 6. The molecule has 0 saturated heterocycles. The monoisotopic (exact) mass is 2270 g/mol. The Bertz CT molecular complexity index is 7140. The van der Waals surface area contributed by atoms with E-state index in [-0.39, 0.29) is 107 Å². The number of nitrogens with zero attached hydrogens (tertiary/aromatic N) is 10. The number of aryl methyl sites for hydroxylation is 2. The van der Waals surface area contributed by atoms with E-state index in [9.17, 15) is 0 Å². The summed E-state index contributed by atoms with van der Waals surface area (Å²) >= 11 is 0. The van der Waals surface area contributed by atoms with Gasteiger partial charge in [0.05, 0.1) is 130 Å². The maximum absolute atomic E-state index is 5.04. The number of anilines is 2. The standard InChI is InChI=1S/C29H17N2.C24H15N4.C23H13N4.3C10H16P2.3Os/c1-17-29(31-26-16-21-6-3-2-5-20(21)15-25(26)30-17)24-13-22-11-9-18-7-4-8-19-10-12-23(14-24)28(22)27(18)19;1-14-23(26-21-13-17-7-3-2-6-16(17)12-20(21)25-14)24-27-18-10-4-8-15-9-5-11-19(28-24)22(15)18;1-2-6-17-12-20-19(11-16(17)5-1)24-13-22(26-20)27-14-25-18-9-3-7-15-8-4-10-21(27)23(15)18;3*1-11(2)9-7-5-6-8-10(9)12(3)4;;;/h2-13,15-16H,1H3;2-13H,1H3;1-13H;3*5-8H,1-4H3;;;/q3*-1;;;;3*+1/p+6. The molecule has 3 aromatic heterocycles. The van der Waals surface area contributed by atoms with Gasteiger partial charge in [0, 0.05) is 71.5 Å². The van der Waals surface area contributed by atoms with Crippen LogP contribution in [0.15, 0.2) is 320 Å². The molecule has 3 radical (unpaired) electrons. The first-order valence-electron chi connectivity index (χ1n) is 41.6. The molecule has 0 saturated carbocycles. The van der Waals surface area contributed by atoms with Gasteiger partial charge in [0.1, 0.15) is 31.8 Å². The number of amidine groups is 1. The summed E-state index contributed by atoms with van der Waals surface area (Å²) < 4.78 is 0. The molecule has 0 unspecified atom stereocenters. The number of rotatable bonds is 9. The Balaban J connectivity index is 0.000000127. The Kier molecular flexibility index (Phi) is 29.8. The molecule has 20 aromatic rings. The fourth-order valence-corrected chi connectivity index (χ4v) is 27.4. The zero-order valence-electron chi connectivity index (χ0n) is 72.5. The molecule has 0 amide bonds. The molecule has 0 bridgehead atoms. The van der Waals surface area contributed by atoms with Gasteiger partial charge in [0.15, 0.2) is 0 Å². The molecule has 0 fully saturated rings. The van der Waals surface area contributed by atoms with Crippen LogP contribution in [-0.4, -0.2) is 122 Å². The van der Waals surface area contributed by atoms with Gasteiger partial charge in [-0.05, 0) is 180 Å². The largest absolute Gasteiger partial charge is 1.00 e. The van der Waals surface area contributed by atoms with Crippen molar-refractivity contribution in [3.63, 3.8) is 0 Å². The molecule has 22 rings (SSSR count). The van der Waals surface area contributed by atoms with Crippen LogP contribution in [0.2, 0.25) is 0 Å². The van der Waals surface area contributed by atoms with E-state index < -0.39 is 0 Å². The molecule has 0 N–H and O–H groups in total. The topological polar surface area (TPSA) is 119 Å². The first-order chi connectivity index (χ1) is 59.2. The Hall–Kier alpha value is -9.47. The van der Waals surface area contributed by atoms with Gasteiger partial charge >= 0.3 is 59.4 Å². The minimum absolute atomic E-state index is 0. The number of hydrogen-bond donors (Lipinski definition) is 0. The van der Waals surface area contributed by atoms with E-state index in [4.69, 9.17) is 35.2 Å². The second kappa shape index (κ2) is 40.7. The molecule has 2 aliphatic rings. The maximum atomic E-state index is 5.04. The maximum Gasteiger partial charge on any atom is 1.00 e. The van der Waals surface area contributed by atoms with Crippen molar-refractivity contribution in [2.45, 2.75) is 13.8 Å². The van der Waals surface area contributed by atoms with Crippen molar-refractivity contribution in [3.8, 4) is 11.3 Å². The summed E-state index contributed by atoms with van der Waals surface area (Å²) in [7, 11) is -1.57. The summed E-state index contributed by atoms with van der Waals surface area (Å²) in [5.41, 5.74) is 13.5. The number of aliphatic imine (C=N–C) groups is 2. The zero-order valence-corrected chi connectivity index (χ0v) is 86.1. The molecule has 5 heterocycles. The van der Waals surface area contributed by atoms with Crippen LogP contribution in [0, 0.1) is 19.9 Å². The van der Waals surface area contributed by atoms with Crippen LogP contribution in [0.4, 0.5) is 28.6 Å². The molecule has 0 atom stereocenters. The third-order valence-electron chi connectivity index (χ3n) is 22.6. The van der Waals surface area contributed by atoms with Crippen molar-refractivity contribution < 1.29 is 59.4 Å². The van der Waals surface area contributed by atoms with Crippen LogP contribution in [-0.2, 0) is 59.4 Å². The predicted octanol–water partition coefficient (Wildman–Crippen LogP) is 25.1. The summed E-state index contributed by atoms with van der Waals surface area (Å²) in [6.45, 7) is 32.4. The molecule has 125 heavy (non-hydrogen) atoms. The van der Waals surface area contributed by atoms with Gasteiger partial charge in [0.2, 0.25) is 0 Å². The van der Waals surface area contributed by atoms with E-state index in [2.05, 4.69) is 339 Å². The smallest absolute Gasteiger partial charge is 0.434 e. The van der Waals surface area contributed by atoms with Crippen LogP contribution in [0.1, 0.15) is 17.1 Å². The van der Waals surface area contributed by atoms with Crippen LogP contribution >= 0.6 is 47.5 Å². The van der Waals surface area contributed by atoms with Crippen molar-refractivity contribution in [1.82, 2.24) is 29.9 Å². The molecule has 10 nitrogen and oxygen atoms in total. The summed E-state index contributed by atoms with van der Waals surface area (Å²) in [6.07, 6.45) is 4.89. The average Bonchev–Trinajstić information content (AvgIpc) is 0.728. The molecule has 2 aliphatic heterocycles. The van der Waals surface area contributed by atoms with Gasteiger partial charge in [-0.3, -0.25) is 19.9 Å². The SMILES string of the molecule is C[PH+](C)c1ccccc1[PH+](C)C.C[PH+](C)c1ccccc1[PH+](C)C.C[PH+](C)c1ccccc1[PH+](C)C.Cc1nc2cc3ccccc3cc2nc1-c1[c-]c2ccc3cccc4ccc(c1)c2c34.Cc1nc2cc3ccccc3cc2nc1C1=Nc2cccc3cccc(c23)[N-]1.[C-]1=Nc2cccc3cccc(c23)N1c1cnc2cc3ccccc3cc2n1.[Os+].[Os+].[Os+]. The number of hydrogen-bond acceptors (Lipinski definition) is 9. The predicted molar refractivity (Wildman–Crippen MR) is 553 cm³/mol.